The number of hydrogen-bond donors (Lipinski definition) is 0. The molecule has 2 unspecified atom stereocenters. The first-order valence-electron chi connectivity index (χ1n) is 6.72. The average Bonchev–Trinajstić information content (AvgIpc) is 2.57. The van der Waals surface area contributed by atoms with E-state index >= 15 is 0 Å². The maximum absolute atomic E-state index is 6.12. The van der Waals surface area contributed by atoms with Gasteiger partial charge in [-0.15, -0.1) is 11.3 Å². The molecule has 0 saturated heterocycles. The predicted octanol–water partition coefficient (Wildman–Crippen LogP) is 4.72. The lowest BCUT2D eigenvalue weighted by molar-refractivity contribution is 0.0416. The summed E-state index contributed by atoms with van der Waals surface area (Å²) in [5.41, 5.74) is 0.103. The highest BCUT2D eigenvalue weighted by Gasteiger charge is 2.35. The van der Waals surface area contributed by atoms with Crippen molar-refractivity contribution in [2.75, 3.05) is 0 Å². The highest BCUT2D eigenvalue weighted by molar-refractivity contribution is 7.13. The van der Waals surface area contributed by atoms with E-state index in [1.165, 1.54) is 9.75 Å². The van der Waals surface area contributed by atoms with Crippen molar-refractivity contribution in [3.05, 3.63) is 9.75 Å². The van der Waals surface area contributed by atoms with Crippen LogP contribution < -0.4 is 9.47 Å². The SMILES string of the molecule is CC(C)c1sc(C(C)(C)C)c2c1OC(C)C(C)O2. The van der Waals surface area contributed by atoms with E-state index in [2.05, 4.69) is 48.5 Å². The van der Waals surface area contributed by atoms with Gasteiger partial charge in [0.1, 0.15) is 12.2 Å². The van der Waals surface area contributed by atoms with E-state index in [9.17, 15) is 0 Å². The van der Waals surface area contributed by atoms with Crippen LogP contribution in [0, 0.1) is 0 Å². The molecule has 0 saturated carbocycles. The molecule has 18 heavy (non-hydrogen) atoms. The van der Waals surface area contributed by atoms with Crippen LogP contribution in [0.3, 0.4) is 0 Å². The summed E-state index contributed by atoms with van der Waals surface area (Å²) in [7, 11) is 0. The summed E-state index contributed by atoms with van der Waals surface area (Å²) in [6, 6.07) is 0. The van der Waals surface area contributed by atoms with Crippen LogP contribution in [0.4, 0.5) is 0 Å². The number of thiophene rings is 1. The molecule has 0 aromatic carbocycles. The summed E-state index contributed by atoms with van der Waals surface area (Å²) in [5, 5.41) is 0. The average molecular weight is 268 g/mol. The Bertz CT molecular complexity index is 440. The molecule has 0 amide bonds. The van der Waals surface area contributed by atoms with Gasteiger partial charge >= 0.3 is 0 Å². The zero-order valence-corrected chi connectivity index (χ0v) is 13.3. The lowest BCUT2D eigenvalue weighted by Crippen LogP contribution is -2.35. The molecular weight excluding hydrogens is 244 g/mol. The van der Waals surface area contributed by atoms with E-state index in [1.807, 2.05) is 11.3 Å². The standard InChI is InChI=1S/C15H24O2S/c1-8(2)13-11-12(14(18-13)15(5,6)7)17-10(4)9(3)16-11/h8-10H,1-7H3. The van der Waals surface area contributed by atoms with E-state index in [4.69, 9.17) is 9.47 Å². The van der Waals surface area contributed by atoms with Crippen molar-refractivity contribution in [2.24, 2.45) is 0 Å². The fourth-order valence-electron chi connectivity index (χ4n) is 2.07. The van der Waals surface area contributed by atoms with Crippen LogP contribution in [0.1, 0.15) is 64.1 Å². The molecule has 102 valence electrons. The smallest absolute Gasteiger partial charge is 0.176 e. The second-order valence-electron chi connectivity index (χ2n) is 6.50. The molecule has 1 aromatic rings. The van der Waals surface area contributed by atoms with Crippen LogP contribution in [-0.2, 0) is 5.41 Å². The lowest BCUT2D eigenvalue weighted by Gasteiger charge is -2.31. The van der Waals surface area contributed by atoms with Gasteiger partial charge in [0.2, 0.25) is 0 Å². The van der Waals surface area contributed by atoms with Gasteiger partial charge in [0.15, 0.2) is 11.5 Å². The third-order valence-corrected chi connectivity index (χ3v) is 5.20. The summed E-state index contributed by atoms with van der Waals surface area (Å²) in [6.07, 6.45) is 0.241. The van der Waals surface area contributed by atoms with Crippen LogP contribution in [0.2, 0.25) is 0 Å². The number of fused-ring (bicyclic) bond motifs is 1. The van der Waals surface area contributed by atoms with Crippen molar-refractivity contribution in [3.8, 4) is 11.5 Å². The van der Waals surface area contributed by atoms with Gasteiger partial charge in [-0.3, -0.25) is 0 Å². The Kier molecular flexibility index (Phi) is 3.39. The summed E-state index contributed by atoms with van der Waals surface area (Å²) in [4.78, 5) is 2.62. The maximum atomic E-state index is 6.12. The van der Waals surface area contributed by atoms with E-state index in [0.29, 0.717) is 5.92 Å². The highest BCUT2D eigenvalue weighted by atomic mass is 32.1. The first-order valence-corrected chi connectivity index (χ1v) is 7.54. The first kappa shape index (κ1) is 13.7. The van der Waals surface area contributed by atoms with Gasteiger partial charge in [-0.05, 0) is 19.8 Å². The Balaban J connectivity index is 2.56. The lowest BCUT2D eigenvalue weighted by atomic mass is 9.93. The Morgan fingerprint density at radius 3 is 1.94 bits per heavy atom. The van der Waals surface area contributed by atoms with Crippen molar-refractivity contribution < 1.29 is 9.47 Å². The van der Waals surface area contributed by atoms with Crippen molar-refractivity contribution in [2.45, 2.75) is 72.0 Å². The Morgan fingerprint density at radius 1 is 1.00 bits per heavy atom. The van der Waals surface area contributed by atoms with Crippen molar-refractivity contribution in [1.29, 1.82) is 0 Å². The topological polar surface area (TPSA) is 18.5 Å². The molecular formula is C15H24O2S. The van der Waals surface area contributed by atoms with Crippen molar-refractivity contribution in [1.82, 2.24) is 0 Å². The summed E-state index contributed by atoms with van der Waals surface area (Å²) in [5.74, 6) is 2.45. The molecule has 1 aliphatic heterocycles. The molecule has 0 radical (unpaired) electrons. The van der Waals surface area contributed by atoms with Gasteiger partial charge in [-0.25, -0.2) is 0 Å². The zero-order valence-electron chi connectivity index (χ0n) is 12.5. The fraction of sp³-hybridized carbons (Fsp3) is 0.733. The van der Waals surface area contributed by atoms with E-state index in [-0.39, 0.29) is 17.6 Å². The predicted molar refractivity (Wildman–Crippen MR) is 77.3 cm³/mol. The molecule has 1 aliphatic rings. The molecule has 0 fully saturated rings. The third kappa shape index (κ3) is 2.25. The normalized spacial score (nSPS) is 23.6. The van der Waals surface area contributed by atoms with Crippen LogP contribution in [0.25, 0.3) is 0 Å². The summed E-state index contributed by atoms with van der Waals surface area (Å²) in [6.45, 7) is 15.3. The zero-order chi connectivity index (χ0) is 13.7. The fourth-order valence-corrected chi connectivity index (χ4v) is 3.30. The Hall–Kier alpha value is -0.700. The van der Waals surface area contributed by atoms with E-state index in [0.717, 1.165) is 11.5 Å². The molecule has 0 bridgehead atoms. The molecule has 2 atom stereocenters. The highest BCUT2D eigenvalue weighted by Crippen LogP contribution is 2.52. The van der Waals surface area contributed by atoms with Crippen molar-refractivity contribution >= 4 is 11.3 Å². The summed E-state index contributed by atoms with van der Waals surface area (Å²) < 4.78 is 12.2. The molecule has 2 nitrogen and oxygen atoms in total. The molecule has 2 heterocycles. The first-order chi connectivity index (χ1) is 8.21. The van der Waals surface area contributed by atoms with Gasteiger partial charge in [-0.1, -0.05) is 34.6 Å². The minimum atomic E-state index is 0.103. The molecule has 3 heteroatoms. The maximum Gasteiger partial charge on any atom is 0.176 e. The number of ether oxygens (including phenoxy) is 2. The summed E-state index contributed by atoms with van der Waals surface area (Å²) >= 11 is 1.84. The molecule has 0 spiro atoms. The second kappa shape index (κ2) is 4.44. The largest absolute Gasteiger partial charge is 0.482 e. The second-order valence-corrected chi connectivity index (χ2v) is 7.56. The molecule has 0 N–H and O–H groups in total. The molecule has 0 aliphatic carbocycles. The van der Waals surface area contributed by atoms with Crippen LogP contribution >= 0.6 is 11.3 Å². The van der Waals surface area contributed by atoms with Gasteiger partial charge in [0.05, 0.1) is 9.75 Å². The van der Waals surface area contributed by atoms with E-state index in [1.54, 1.807) is 0 Å². The van der Waals surface area contributed by atoms with Gasteiger partial charge in [0.25, 0.3) is 0 Å². The Labute approximate surface area is 114 Å². The monoisotopic (exact) mass is 268 g/mol. The van der Waals surface area contributed by atoms with Gasteiger partial charge < -0.3 is 9.47 Å². The van der Waals surface area contributed by atoms with Crippen molar-refractivity contribution in [3.63, 3.8) is 0 Å². The molecule has 2 rings (SSSR count). The Morgan fingerprint density at radius 2 is 1.50 bits per heavy atom. The minimum Gasteiger partial charge on any atom is -0.482 e. The van der Waals surface area contributed by atoms with E-state index < -0.39 is 0 Å². The molecule has 1 aromatic heterocycles. The minimum absolute atomic E-state index is 0.103. The van der Waals surface area contributed by atoms with Gasteiger partial charge in [-0.2, -0.15) is 0 Å². The van der Waals surface area contributed by atoms with Crippen LogP contribution in [0.5, 0.6) is 11.5 Å². The van der Waals surface area contributed by atoms with Crippen LogP contribution in [-0.4, -0.2) is 12.2 Å². The third-order valence-electron chi connectivity index (χ3n) is 3.32. The van der Waals surface area contributed by atoms with Gasteiger partial charge in [0, 0.05) is 5.41 Å². The number of rotatable bonds is 1. The van der Waals surface area contributed by atoms with Crippen LogP contribution in [0.15, 0.2) is 0 Å². The number of hydrogen-bond acceptors (Lipinski definition) is 3. The quantitative estimate of drug-likeness (QED) is 0.734.